The van der Waals surface area contributed by atoms with Crippen molar-refractivity contribution in [1.29, 1.82) is 0 Å². The monoisotopic (exact) mass is 446 g/mol. The maximum atomic E-state index is 10.9. The molecule has 3 aromatic rings. The van der Waals surface area contributed by atoms with Crippen LogP contribution in [0.2, 0.25) is 0 Å². The summed E-state index contributed by atoms with van der Waals surface area (Å²) in [6, 6.07) is 16.0. The molecule has 0 bridgehead atoms. The molecule has 31 heavy (non-hydrogen) atoms. The van der Waals surface area contributed by atoms with E-state index < -0.39 is 26.6 Å². The van der Waals surface area contributed by atoms with Crippen LogP contribution in [0.1, 0.15) is 24.8 Å². The molecule has 0 aliphatic rings. The zero-order valence-corrected chi connectivity index (χ0v) is 18.2. The van der Waals surface area contributed by atoms with Crippen LogP contribution in [-0.2, 0) is 21.9 Å². The van der Waals surface area contributed by atoms with Crippen molar-refractivity contribution in [2.24, 2.45) is 5.73 Å². The Hall–Kier alpha value is -2.32. The second-order valence-electron chi connectivity index (χ2n) is 7.54. The summed E-state index contributed by atoms with van der Waals surface area (Å²) in [5.74, 6) is 0.714. The highest BCUT2D eigenvalue weighted by Gasteiger charge is 2.28. The number of aryl methyl sites for hydroxylation is 2. The van der Waals surface area contributed by atoms with Gasteiger partial charge in [-0.25, -0.2) is 9.55 Å². The molecule has 5 N–H and O–H groups in total. The van der Waals surface area contributed by atoms with E-state index in [-0.39, 0.29) is 0 Å². The number of aromatic nitrogens is 1. The molecule has 1 unspecified atom stereocenters. The largest absolute Gasteiger partial charge is 0.469 e. The standard InChI is InChI=1S/C22H27N2O6P/c1-2-21-24-20(13-29-21)19-9-7-18(8-10-19)17-5-3-16(4-6-17)11-12-22(23,14-25)15-30-31(26,27)28/h3-10,13,25H,2,11-12,14-15,23H2,1H3,(H2,26,27,28). The van der Waals surface area contributed by atoms with Crippen LogP contribution >= 0.6 is 7.82 Å². The summed E-state index contributed by atoms with van der Waals surface area (Å²) in [5.41, 5.74) is 9.70. The molecule has 2 aromatic carbocycles. The van der Waals surface area contributed by atoms with Crippen molar-refractivity contribution < 1.29 is 28.4 Å². The Kier molecular flexibility index (Phi) is 7.43. The van der Waals surface area contributed by atoms with Crippen molar-refractivity contribution in [2.75, 3.05) is 13.2 Å². The molecule has 0 saturated heterocycles. The van der Waals surface area contributed by atoms with Gasteiger partial charge in [0.25, 0.3) is 0 Å². The first-order chi connectivity index (χ1) is 14.7. The minimum atomic E-state index is -4.64. The van der Waals surface area contributed by atoms with Crippen LogP contribution in [0.5, 0.6) is 0 Å². The lowest BCUT2D eigenvalue weighted by Crippen LogP contribution is -2.48. The lowest BCUT2D eigenvalue weighted by molar-refractivity contribution is 0.102. The molecule has 0 aliphatic carbocycles. The molecule has 1 aromatic heterocycles. The van der Waals surface area contributed by atoms with E-state index in [0.29, 0.717) is 18.7 Å². The summed E-state index contributed by atoms with van der Waals surface area (Å²) >= 11 is 0. The first-order valence-electron chi connectivity index (χ1n) is 9.95. The molecule has 3 rings (SSSR count). The molecule has 0 saturated carbocycles. The number of nitrogens with zero attached hydrogens (tertiary/aromatic N) is 1. The van der Waals surface area contributed by atoms with Gasteiger partial charge in [0.2, 0.25) is 0 Å². The topological polar surface area (TPSA) is 139 Å². The number of hydrogen-bond donors (Lipinski definition) is 4. The zero-order chi connectivity index (χ0) is 22.5. The van der Waals surface area contributed by atoms with Crippen LogP contribution in [0, 0.1) is 0 Å². The minimum Gasteiger partial charge on any atom is -0.448 e. The average molecular weight is 446 g/mol. The number of phosphoric ester groups is 1. The van der Waals surface area contributed by atoms with Crippen molar-refractivity contribution in [3.05, 3.63) is 66.2 Å². The van der Waals surface area contributed by atoms with Crippen LogP contribution in [-0.4, -0.2) is 38.6 Å². The van der Waals surface area contributed by atoms with Crippen LogP contribution in [0.15, 0.2) is 59.2 Å². The highest BCUT2D eigenvalue weighted by atomic mass is 31.2. The van der Waals surface area contributed by atoms with Gasteiger partial charge in [0.15, 0.2) is 5.89 Å². The van der Waals surface area contributed by atoms with E-state index in [9.17, 15) is 9.67 Å². The van der Waals surface area contributed by atoms with Gasteiger partial charge in [-0.05, 0) is 29.5 Å². The second kappa shape index (κ2) is 9.87. The normalized spacial score (nSPS) is 13.8. The zero-order valence-electron chi connectivity index (χ0n) is 17.3. The highest BCUT2D eigenvalue weighted by molar-refractivity contribution is 7.46. The molecule has 0 aliphatic heterocycles. The van der Waals surface area contributed by atoms with Crippen molar-refractivity contribution >= 4 is 7.82 Å². The molecule has 0 radical (unpaired) electrons. The third-order valence-corrected chi connectivity index (χ3v) is 5.53. The fraction of sp³-hybridized carbons (Fsp3) is 0.318. The minimum absolute atomic E-state index is 0.314. The lowest BCUT2D eigenvalue weighted by Gasteiger charge is -2.27. The summed E-state index contributed by atoms with van der Waals surface area (Å²) in [6.45, 7) is 1.13. The van der Waals surface area contributed by atoms with Crippen molar-refractivity contribution in [1.82, 2.24) is 4.98 Å². The first kappa shape index (κ1) is 23.3. The first-order valence-corrected chi connectivity index (χ1v) is 11.5. The van der Waals surface area contributed by atoms with Crippen molar-refractivity contribution in [2.45, 2.75) is 31.7 Å². The van der Waals surface area contributed by atoms with Gasteiger partial charge < -0.3 is 25.0 Å². The molecule has 9 heteroatoms. The third-order valence-electron chi connectivity index (χ3n) is 5.07. The number of nitrogens with two attached hydrogens (primary N) is 1. The van der Waals surface area contributed by atoms with Gasteiger partial charge in [0, 0.05) is 12.0 Å². The van der Waals surface area contributed by atoms with Crippen LogP contribution in [0.4, 0.5) is 0 Å². The fourth-order valence-electron chi connectivity index (χ4n) is 3.11. The Morgan fingerprint density at radius 1 is 1.06 bits per heavy atom. The third kappa shape index (κ3) is 6.58. The molecular weight excluding hydrogens is 419 g/mol. The van der Waals surface area contributed by atoms with Gasteiger partial charge in [0.1, 0.15) is 12.0 Å². The van der Waals surface area contributed by atoms with Gasteiger partial charge in [-0.3, -0.25) is 4.52 Å². The maximum absolute atomic E-state index is 10.9. The summed E-state index contributed by atoms with van der Waals surface area (Å²) in [6.07, 6.45) is 3.27. The number of aliphatic hydroxyl groups is 1. The number of hydrogen-bond acceptors (Lipinski definition) is 6. The Morgan fingerprint density at radius 3 is 2.16 bits per heavy atom. The van der Waals surface area contributed by atoms with Crippen LogP contribution < -0.4 is 5.73 Å². The fourth-order valence-corrected chi connectivity index (χ4v) is 3.53. The van der Waals surface area contributed by atoms with E-state index in [0.717, 1.165) is 34.4 Å². The highest BCUT2D eigenvalue weighted by Crippen LogP contribution is 2.37. The van der Waals surface area contributed by atoms with Gasteiger partial charge in [0.05, 0.1) is 18.8 Å². The second-order valence-corrected chi connectivity index (χ2v) is 8.78. The van der Waals surface area contributed by atoms with Gasteiger partial charge >= 0.3 is 7.82 Å². The number of rotatable bonds is 10. The predicted molar refractivity (Wildman–Crippen MR) is 117 cm³/mol. The molecule has 1 heterocycles. The van der Waals surface area contributed by atoms with Crippen LogP contribution in [0.25, 0.3) is 22.4 Å². The van der Waals surface area contributed by atoms with Crippen molar-refractivity contribution in [3.8, 4) is 22.4 Å². The molecule has 8 nitrogen and oxygen atoms in total. The maximum Gasteiger partial charge on any atom is 0.469 e. The molecule has 0 amide bonds. The van der Waals surface area contributed by atoms with E-state index in [2.05, 4.69) is 9.51 Å². The Labute approximate surface area is 180 Å². The molecule has 1 atom stereocenters. The quantitative estimate of drug-likeness (QED) is 0.348. The number of benzene rings is 2. The smallest absolute Gasteiger partial charge is 0.448 e. The van der Waals surface area contributed by atoms with E-state index in [1.807, 2.05) is 55.5 Å². The SMILES string of the molecule is CCc1nc(-c2ccc(-c3ccc(CCC(N)(CO)COP(=O)(O)O)cc3)cc2)co1. The number of aliphatic hydroxyl groups excluding tert-OH is 1. The lowest BCUT2D eigenvalue weighted by atomic mass is 9.93. The molecule has 0 fully saturated rings. The molecular formula is C22H27N2O6P. The van der Waals surface area contributed by atoms with Gasteiger partial charge in [-0.15, -0.1) is 0 Å². The van der Waals surface area contributed by atoms with E-state index >= 15 is 0 Å². The molecule has 0 spiro atoms. The number of phosphoric acid groups is 1. The van der Waals surface area contributed by atoms with E-state index in [4.69, 9.17) is 19.9 Å². The summed E-state index contributed by atoms with van der Waals surface area (Å²) < 4.78 is 20.8. The van der Waals surface area contributed by atoms with E-state index in [1.54, 1.807) is 6.26 Å². The Bertz CT molecular complexity index is 1030. The Morgan fingerprint density at radius 2 is 1.65 bits per heavy atom. The average Bonchev–Trinajstić information content (AvgIpc) is 3.26. The van der Waals surface area contributed by atoms with Gasteiger partial charge in [-0.1, -0.05) is 55.5 Å². The molecule has 166 valence electrons. The van der Waals surface area contributed by atoms with Crippen LogP contribution in [0.3, 0.4) is 0 Å². The van der Waals surface area contributed by atoms with Gasteiger partial charge in [-0.2, -0.15) is 0 Å². The number of oxazole rings is 1. The summed E-state index contributed by atoms with van der Waals surface area (Å²) in [5, 5.41) is 9.50. The predicted octanol–water partition coefficient (Wildman–Crippen LogP) is 3.30. The Balaban J connectivity index is 1.62. The van der Waals surface area contributed by atoms with E-state index in [1.165, 1.54) is 0 Å². The summed E-state index contributed by atoms with van der Waals surface area (Å²) in [7, 11) is -4.64. The summed E-state index contributed by atoms with van der Waals surface area (Å²) in [4.78, 5) is 22.1. The van der Waals surface area contributed by atoms with Crippen molar-refractivity contribution in [3.63, 3.8) is 0 Å².